The molecule has 0 saturated heterocycles. The third kappa shape index (κ3) is 5.84. The van der Waals surface area contributed by atoms with Crippen molar-refractivity contribution in [3.8, 4) is 0 Å². The quantitative estimate of drug-likeness (QED) is 0.237. The number of benzene rings is 2. The van der Waals surface area contributed by atoms with Gasteiger partial charge in [0.25, 0.3) is 0 Å². The number of halogens is 3. The number of esters is 1. The van der Waals surface area contributed by atoms with Crippen LogP contribution < -0.4 is 0 Å². The minimum absolute atomic E-state index is 0.0762. The molecule has 0 aromatic heterocycles. The summed E-state index contributed by atoms with van der Waals surface area (Å²) in [6.07, 6.45) is -0.401. The molecule has 1 fully saturated rings. The summed E-state index contributed by atoms with van der Waals surface area (Å²) in [5, 5.41) is 0. The Hall–Kier alpha value is -2.89. The Labute approximate surface area is 179 Å². The third-order valence-electron chi connectivity index (χ3n) is 5.65. The standard InChI is InChI=1S/C25H25F3O3/c1-2-31-24(30)22(16-17-7-6-10-21(15-17)25(26,27)28)23(29)20-13-11-19(12-14-20)18-8-4-3-5-9-18/h3-10,15-16,19-20H,2,11-14H2,1H3. The van der Waals surface area contributed by atoms with Crippen LogP contribution in [0.5, 0.6) is 0 Å². The summed E-state index contributed by atoms with van der Waals surface area (Å²) in [7, 11) is 0. The van der Waals surface area contributed by atoms with E-state index < -0.39 is 17.7 Å². The van der Waals surface area contributed by atoms with Gasteiger partial charge >= 0.3 is 12.1 Å². The lowest BCUT2D eigenvalue weighted by atomic mass is 9.76. The van der Waals surface area contributed by atoms with E-state index in [-0.39, 0.29) is 29.4 Å². The molecule has 164 valence electrons. The first-order chi connectivity index (χ1) is 14.8. The normalized spacial score (nSPS) is 19.7. The summed E-state index contributed by atoms with van der Waals surface area (Å²) in [6.45, 7) is 1.70. The molecular formula is C25H25F3O3. The summed E-state index contributed by atoms with van der Waals surface area (Å²) in [5.41, 5.74) is 0.354. The molecule has 31 heavy (non-hydrogen) atoms. The van der Waals surface area contributed by atoms with E-state index in [2.05, 4.69) is 12.1 Å². The first-order valence-corrected chi connectivity index (χ1v) is 10.4. The van der Waals surface area contributed by atoms with E-state index in [0.717, 1.165) is 25.0 Å². The van der Waals surface area contributed by atoms with Crippen LogP contribution in [-0.4, -0.2) is 18.4 Å². The van der Waals surface area contributed by atoms with Gasteiger partial charge in [-0.05, 0) is 67.9 Å². The van der Waals surface area contributed by atoms with Crippen molar-refractivity contribution in [1.82, 2.24) is 0 Å². The molecule has 0 N–H and O–H groups in total. The summed E-state index contributed by atoms with van der Waals surface area (Å²) in [5.74, 6) is -1.14. The zero-order valence-electron chi connectivity index (χ0n) is 17.3. The zero-order chi connectivity index (χ0) is 22.4. The number of alkyl halides is 3. The van der Waals surface area contributed by atoms with Gasteiger partial charge in [-0.3, -0.25) is 4.79 Å². The monoisotopic (exact) mass is 430 g/mol. The van der Waals surface area contributed by atoms with Crippen molar-refractivity contribution in [3.05, 3.63) is 76.9 Å². The summed E-state index contributed by atoms with van der Waals surface area (Å²) in [6, 6.07) is 14.7. The molecule has 3 rings (SSSR count). The van der Waals surface area contributed by atoms with E-state index in [9.17, 15) is 22.8 Å². The average molecular weight is 430 g/mol. The van der Waals surface area contributed by atoms with Crippen molar-refractivity contribution in [2.24, 2.45) is 5.92 Å². The minimum atomic E-state index is -4.51. The van der Waals surface area contributed by atoms with E-state index >= 15 is 0 Å². The lowest BCUT2D eigenvalue weighted by Gasteiger charge is -2.28. The van der Waals surface area contributed by atoms with Crippen LogP contribution in [-0.2, 0) is 20.5 Å². The largest absolute Gasteiger partial charge is 0.462 e. The van der Waals surface area contributed by atoms with E-state index in [1.807, 2.05) is 18.2 Å². The Bertz CT molecular complexity index is 940. The summed E-state index contributed by atoms with van der Waals surface area (Å²) < 4.78 is 44.1. The smallest absolute Gasteiger partial charge is 0.416 e. The van der Waals surface area contributed by atoms with Gasteiger partial charge in [0.2, 0.25) is 0 Å². The van der Waals surface area contributed by atoms with Gasteiger partial charge in [-0.25, -0.2) is 4.79 Å². The summed E-state index contributed by atoms with van der Waals surface area (Å²) in [4.78, 5) is 25.6. The van der Waals surface area contributed by atoms with Crippen molar-refractivity contribution >= 4 is 17.8 Å². The van der Waals surface area contributed by atoms with E-state index in [1.54, 1.807) is 6.92 Å². The van der Waals surface area contributed by atoms with Crippen LogP contribution >= 0.6 is 0 Å². The molecule has 0 atom stereocenters. The molecule has 6 heteroatoms. The third-order valence-corrected chi connectivity index (χ3v) is 5.65. The lowest BCUT2D eigenvalue weighted by Crippen LogP contribution is -2.26. The van der Waals surface area contributed by atoms with E-state index in [4.69, 9.17) is 4.74 Å². The van der Waals surface area contributed by atoms with Crippen LogP contribution in [0.25, 0.3) is 6.08 Å². The molecule has 1 aliphatic rings. The van der Waals surface area contributed by atoms with Gasteiger partial charge in [-0.2, -0.15) is 13.2 Å². The molecule has 0 radical (unpaired) electrons. The zero-order valence-corrected chi connectivity index (χ0v) is 17.3. The van der Waals surface area contributed by atoms with Gasteiger partial charge in [-0.1, -0.05) is 42.5 Å². The molecule has 1 saturated carbocycles. The molecule has 0 bridgehead atoms. The fourth-order valence-electron chi connectivity index (χ4n) is 4.04. The second-order valence-electron chi connectivity index (χ2n) is 7.73. The van der Waals surface area contributed by atoms with E-state index in [1.165, 1.54) is 23.8 Å². The number of ether oxygens (including phenoxy) is 1. The fourth-order valence-corrected chi connectivity index (χ4v) is 4.04. The predicted molar refractivity (Wildman–Crippen MR) is 112 cm³/mol. The van der Waals surface area contributed by atoms with Crippen LogP contribution in [0.15, 0.2) is 60.2 Å². The van der Waals surface area contributed by atoms with Gasteiger partial charge in [0.05, 0.1) is 12.2 Å². The number of carbonyl (C=O) groups is 2. The molecule has 2 aromatic rings. The molecule has 1 aliphatic carbocycles. The van der Waals surface area contributed by atoms with Crippen molar-refractivity contribution in [2.45, 2.75) is 44.7 Å². The first kappa shape index (κ1) is 22.8. The van der Waals surface area contributed by atoms with Crippen molar-refractivity contribution in [1.29, 1.82) is 0 Å². The number of carbonyl (C=O) groups excluding carboxylic acids is 2. The average Bonchev–Trinajstić information content (AvgIpc) is 2.77. The van der Waals surface area contributed by atoms with Gasteiger partial charge in [0.1, 0.15) is 5.57 Å². The first-order valence-electron chi connectivity index (χ1n) is 10.4. The predicted octanol–water partition coefficient (Wildman–Crippen LogP) is 6.20. The van der Waals surface area contributed by atoms with Gasteiger partial charge in [-0.15, -0.1) is 0 Å². The molecule has 0 amide bonds. The van der Waals surface area contributed by atoms with Crippen LogP contribution in [0, 0.1) is 5.92 Å². The molecular weight excluding hydrogens is 405 g/mol. The second-order valence-corrected chi connectivity index (χ2v) is 7.73. The maximum atomic E-state index is 13.2. The highest BCUT2D eigenvalue weighted by atomic mass is 19.4. The SMILES string of the molecule is CCOC(=O)C(=Cc1cccc(C(F)(F)F)c1)C(=O)C1CCC(c2ccccc2)CC1. The number of rotatable bonds is 6. The van der Waals surface area contributed by atoms with Gasteiger partial charge in [0, 0.05) is 5.92 Å². The number of hydrogen-bond donors (Lipinski definition) is 0. The van der Waals surface area contributed by atoms with Crippen LogP contribution in [0.4, 0.5) is 13.2 Å². The number of hydrogen-bond acceptors (Lipinski definition) is 3. The fraction of sp³-hybridized carbons (Fsp3) is 0.360. The Kier molecular flexibility index (Phi) is 7.31. The van der Waals surface area contributed by atoms with Crippen LogP contribution in [0.3, 0.4) is 0 Å². The Morgan fingerprint density at radius 2 is 1.68 bits per heavy atom. The molecule has 0 aliphatic heterocycles. The van der Waals surface area contributed by atoms with Crippen molar-refractivity contribution in [2.75, 3.05) is 6.61 Å². The Morgan fingerprint density at radius 1 is 1.00 bits per heavy atom. The maximum Gasteiger partial charge on any atom is 0.416 e. The lowest BCUT2D eigenvalue weighted by molar-refractivity contribution is -0.140. The highest BCUT2D eigenvalue weighted by molar-refractivity contribution is 6.21. The second kappa shape index (κ2) is 9.94. The maximum absolute atomic E-state index is 13.2. The number of Topliss-reactive ketones (excluding diaryl/α,β-unsaturated/α-hetero) is 1. The van der Waals surface area contributed by atoms with Gasteiger partial charge < -0.3 is 4.74 Å². The summed E-state index contributed by atoms with van der Waals surface area (Å²) >= 11 is 0. The Morgan fingerprint density at radius 3 is 2.29 bits per heavy atom. The number of ketones is 1. The minimum Gasteiger partial charge on any atom is -0.462 e. The van der Waals surface area contributed by atoms with Crippen molar-refractivity contribution in [3.63, 3.8) is 0 Å². The van der Waals surface area contributed by atoms with Crippen LogP contribution in [0.2, 0.25) is 0 Å². The molecule has 0 unspecified atom stereocenters. The van der Waals surface area contributed by atoms with E-state index in [0.29, 0.717) is 18.8 Å². The highest BCUT2D eigenvalue weighted by Crippen LogP contribution is 2.37. The van der Waals surface area contributed by atoms with Crippen LogP contribution in [0.1, 0.15) is 55.2 Å². The molecule has 0 heterocycles. The topological polar surface area (TPSA) is 43.4 Å². The molecule has 0 spiro atoms. The highest BCUT2D eigenvalue weighted by Gasteiger charge is 2.33. The van der Waals surface area contributed by atoms with Gasteiger partial charge in [0.15, 0.2) is 5.78 Å². The molecule has 3 nitrogen and oxygen atoms in total. The molecule has 2 aromatic carbocycles. The van der Waals surface area contributed by atoms with Crippen molar-refractivity contribution < 1.29 is 27.5 Å². The Balaban J connectivity index is 1.80.